The molecule has 1 N–H and O–H groups in total. The predicted octanol–water partition coefficient (Wildman–Crippen LogP) is 3.00. The maximum absolute atomic E-state index is 11.2. The molecule has 0 unspecified atom stereocenters. The van der Waals surface area contributed by atoms with E-state index < -0.39 is 0 Å². The SMILES string of the molecule is CC(=O)N(O)c1ccc2c(c1)-c1ccccc1C2. The van der Waals surface area contributed by atoms with Gasteiger partial charge in [-0.15, -0.1) is 0 Å². The largest absolute Gasteiger partial charge is 0.281 e. The molecule has 0 aromatic heterocycles. The summed E-state index contributed by atoms with van der Waals surface area (Å²) in [4.78, 5) is 11.2. The molecule has 0 heterocycles. The van der Waals surface area contributed by atoms with Crippen molar-refractivity contribution in [2.24, 2.45) is 0 Å². The smallest absolute Gasteiger partial charge is 0.247 e. The van der Waals surface area contributed by atoms with Crippen LogP contribution in [-0.2, 0) is 11.2 Å². The average Bonchev–Trinajstić information content (AvgIpc) is 2.75. The summed E-state index contributed by atoms with van der Waals surface area (Å²) in [7, 11) is 0. The van der Waals surface area contributed by atoms with Crippen LogP contribution in [0.2, 0.25) is 0 Å². The molecule has 18 heavy (non-hydrogen) atoms. The van der Waals surface area contributed by atoms with E-state index in [4.69, 9.17) is 0 Å². The van der Waals surface area contributed by atoms with Gasteiger partial charge in [-0.1, -0.05) is 30.3 Å². The first kappa shape index (κ1) is 11.0. The first-order chi connectivity index (χ1) is 8.66. The first-order valence-corrected chi connectivity index (χ1v) is 5.87. The van der Waals surface area contributed by atoms with Gasteiger partial charge in [-0.2, -0.15) is 5.06 Å². The fourth-order valence-electron chi connectivity index (χ4n) is 2.43. The third kappa shape index (κ3) is 1.60. The number of benzene rings is 2. The lowest BCUT2D eigenvalue weighted by Gasteiger charge is -2.13. The van der Waals surface area contributed by atoms with Crippen molar-refractivity contribution < 1.29 is 10.0 Å². The highest BCUT2D eigenvalue weighted by Gasteiger charge is 2.19. The molecular formula is C15H13NO2. The minimum atomic E-state index is -0.388. The molecule has 0 radical (unpaired) electrons. The zero-order valence-corrected chi connectivity index (χ0v) is 10.1. The fourth-order valence-corrected chi connectivity index (χ4v) is 2.43. The topological polar surface area (TPSA) is 40.5 Å². The van der Waals surface area contributed by atoms with Gasteiger partial charge in [-0.05, 0) is 40.8 Å². The third-order valence-electron chi connectivity index (χ3n) is 3.32. The van der Waals surface area contributed by atoms with Gasteiger partial charge >= 0.3 is 0 Å². The number of nitrogens with zero attached hydrogens (tertiary/aromatic N) is 1. The van der Waals surface area contributed by atoms with E-state index in [2.05, 4.69) is 12.1 Å². The summed E-state index contributed by atoms with van der Waals surface area (Å²) in [5.41, 5.74) is 5.32. The van der Waals surface area contributed by atoms with Crippen LogP contribution < -0.4 is 5.06 Å². The molecule has 1 aliphatic carbocycles. The van der Waals surface area contributed by atoms with E-state index >= 15 is 0 Å². The molecule has 0 atom stereocenters. The number of carbonyl (C=O) groups is 1. The lowest BCUT2D eigenvalue weighted by molar-refractivity contribution is -0.121. The van der Waals surface area contributed by atoms with Crippen LogP contribution in [0.25, 0.3) is 11.1 Å². The van der Waals surface area contributed by atoms with Crippen molar-refractivity contribution in [2.75, 3.05) is 5.06 Å². The normalized spacial score (nSPS) is 11.9. The summed E-state index contributed by atoms with van der Waals surface area (Å²) in [5, 5.41) is 10.3. The molecule has 1 amide bonds. The molecule has 3 nitrogen and oxygen atoms in total. The predicted molar refractivity (Wildman–Crippen MR) is 69.6 cm³/mol. The molecular weight excluding hydrogens is 226 g/mol. The van der Waals surface area contributed by atoms with Crippen LogP contribution in [0.1, 0.15) is 18.1 Å². The first-order valence-electron chi connectivity index (χ1n) is 5.87. The number of rotatable bonds is 1. The number of hydroxylamine groups is 1. The molecule has 90 valence electrons. The lowest BCUT2D eigenvalue weighted by Crippen LogP contribution is -2.23. The van der Waals surface area contributed by atoms with Crippen molar-refractivity contribution >= 4 is 11.6 Å². The van der Waals surface area contributed by atoms with Crippen LogP contribution in [0.4, 0.5) is 5.69 Å². The molecule has 0 spiro atoms. The van der Waals surface area contributed by atoms with Crippen molar-refractivity contribution in [3.05, 3.63) is 53.6 Å². The van der Waals surface area contributed by atoms with Crippen molar-refractivity contribution in [1.29, 1.82) is 0 Å². The Balaban J connectivity index is 2.11. The number of hydrogen-bond donors (Lipinski definition) is 1. The number of fused-ring (bicyclic) bond motifs is 3. The average molecular weight is 239 g/mol. The van der Waals surface area contributed by atoms with Crippen LogP contribution in [0.5, 0.6) is 0 Å². The fraction of sp³-hybridized carbons (Fsp3) is 0.133. The van der Waals surface area contributed by atoms with E-state index in [1.165, 1.54) is 23.6 Å². The maximum atomic E-state index is 11.2. The third-order valence-corrected chi connectivity index (χ3v) is 3.32. The Morgan fingerprint density at radius 1 is 1.11 bits per heavy atom. The molecule has 0 bridgehead atoms. The second-order valence-corrected chi connectivity index (χ2v) is 4.51. The summed E-state index contributed by atoms with van der Waals surface area (Å²) in [6.07, 6.45) is 0.914. The summed E-state index contributed by atoms with van der Waals surface area (Å²) in [6.45, 7) is 1.33. The van der Waals surface area contributed by atoms with Crippen molar-refractivity contribution in [1.82, 2.24) is 0 Å². The van der Waals surface area contributed by atoms with E-state index in [0.29, 0.717) is 10.8 Å². The second-order valence-electron chi connectivity index (χ2n) is 4.51. The monoisotopic (exact) mass is 239 g/mol. The second kappa shape index (κ2) is 3.96. The van der Waals surface area contributed by atoms with Crippen LogP contribution in [-0.4, -0.2) is 11.1 Å². The molecule has 0 saturated carbocycles. The van der Waals surface area contributed by atoms with Crippen molar-refractivity contribution in [2.45, 2.75) is 13.3 Å². The van der Waals surface area contributed by atoms with Gasteiger partial charge in [-0.3, -0.25) is 10.0 Å². The molecule has 2 aromatic rings. The summed E-state index contributed by atoms with van der Waals surface area (Å²) >= 11 is 0. The highest BCUT2D eigenvalue weighted by Crippen LogP contribution is 2.38. The van der Waals surface area contributed by atoms with Gasteiger partial charge in [0.15, 0.2) is 0 Å². The van der Waals surface area contributed by atoms with Crippen LogP contribution >= 0.6 is 0 Å². The van der Waals surface area contributed by atoms with Crippen molar-refractivity contribution in [3.63, 3.8) is 0 Å². The van der Waals surface area contributed by atoms with E-state index in [1.807, 2.05) is 24.3 Å². The van der Waals surface area contributed by atoms with Crippen LogP contribution in [0, 0.1) is 0 Å². The maximum Gasteiger partial charge on any atom is 0.247 e. The van der Waals surface area contributed by atoms with Gasteiger partial charge in [-0.25, -0.2) is 0 Å². The molecule has 0 saturated heterocycles. The van der Waals surface area contributed by atoms with Crippen molar-refractivity contribution in [3.8, 4) is 11.1 Å². The summed E-state index contributed by atoms with van der Waals surface area (Å²) in [5.74, 6) is -0.388. The molecule has 0 aliphatic heterocycles. The van der Waals surface area contributed by atoms with E-state index in [0.717, 1.165) is 12.0 Å². The Kier molecular flexibility index (Phi) is 2.42. The van der Waals surface area contributed by atoms with Gasteiger partial charge in [0.05, 0.1) is 5.69 Å². The highest BCUT2D eigenvalue weighted by atomic mass is 16.5. The summed E-state index contributed by atoms with van der Waals surface area (Å²) in [6, 6.07) is 13.8. The summed E-state index contributed by atoms with van der Waals surface area (Å²) < 4.78 is 0. The standard InChI is InChI=1S/C15H13NO2/c1-10(17)16(18)13-7-6-12-8-11-4-2-3-5-14(11)15(12)9-13/h2-7,9,18H,8H2,1H3. The number of hydrogen-bond acceptors (Lipinski definition) is 2. The van der Waals surface area contributed by atoms with Gasteiger partial charge in [0, 0.05) is 6.92 Å². The van der Waals surface area contributed by atoms with Gasteiger partial charge in [0.1, 0.15) is 0 Å². The van der Waals surface area contributed by atoms with Gasteiger partial charge < -0.3 is 0 Å². The Hall–Kier alpha value is -2.13. The van der Waals surface area contributed by atoms with E-state index in [-0.39, 0.29) is 5.91 Å². The quantitative estimate of drug-likeness (QED) is 0.524. The minimum Gasteiger partial charge on any atom is -0.281 e. The Bertz CT molecular complexity index is 634. The highest BCUT2D eigenvalue weighted by molar-refractivity contribution is 5.91. The van der Waals surface area contributed by atoms with Gasteiger partial charge in [0.25, 0.3) is 0 Å². The Morgan fingerprint density at radius 2 is 1.83 bits per heavy atom. The number of amides is 1. The minimum absolute atomic E-state index is 0.388. The Labute approximate surface area is 105 Å². The van der Waals surface area contributed by atoms with Crippen LogP contribution in [0.15, 0.2) is 42.5 Å². The lowest BCUT2D eigenvalue weighted by atomic mass is 10.1. The van der Waals surface area contributed by atoms with E-state index in [1.54, 1.807) is 6.07 Å². The Morgan fingerprint density at radius 3 is 2.61 bits per heavy atom. The molecule has 0 fully saturated rings. The molecule has 2 aromatic carbocycles. The molecule has 1 aliphatic rings. The van der Waals surface area contributed by atoms with Crippen LogP contribution in [0.3, 0.4) is 0 Å². The van der Waals surface area contributed by atoms with E-state index in [9.17, 15) is 10.0 Å². The number of anilines is 1. The van der Waals surface area contributed by atoms with Gasteiger partial charge in [0.2, 0.25) is 5.91 Å². The molecule has 3 rings (SSSR count). The zero-order chi connectivity index (χ0) is 12.7. The molecule has 3 heteroatoms. The number of carbonyl (C=O) groups excluding carboxylic acids is 1. The zero-order valence-electron chi connectivity index (χ0n) is 10.1.